The third-order valence-electron chi connectivity index (χ3n) is 5.15. The van der Waals surface area contributed by atoms with Gasteiger partial charge in [0.15, 0.2) is 5.16 Å². The maximum atomic E-state index is 13.0. The number of carbonyl (C=O) groups is 1. The molecule has 0 aliphatic carbocycles. The number of para-hydroxylation sites is 1. The number of likely N-dealkylation sites (tertiary alicyclic amines) is 1. The van der Waals surface area contributed by atoms with Gasteiger partial charge >= 0.3 is 0 Å². The number of fused-ring (bicyclic) bond motifs is 1. The van der Waals surface area contributed by atoms with E-state index in [-0.39, 0.29) is 16.7 Å². The number of amides is 1. The monoisotopic (exact) mass is 373 g/mol. The van der Waals surface area contributed by atoms with E-state index in [9.17, 15) is 9.59 Å². The van der Waals surface area contributed by atoms with Crippen LogP contribution in [0.15, 0.2) is 34.2 Å². The largest absolute Gasteiger partial charge is 0.339 e. The van der Waals surface area contributed by atoms with E-state index in [0.717, 1.165) is 25.8 Å². The number of carbonyl (C=O) groups excluding carboxylic acids is 1. The van der Waals surface area contributed by atoms with E-state index in [1.165, 1.54) is 18.2 Å². The van der Waals surface area contributed by atoms with Crippen LogP contribution in [0, 0.1) is 0 Å². The van der Waals surface area contributed by atoms with Crippen molar-refractivity contribution >= 4 is 28.6 Å². The average Bonchev–Trinajstić information content (AvgIpc) is 2.67. The van der Waals surface area contributed by atoms with Crippen molar-refractivity contribution in [2.75, 3.05) is 6.54 Å². The van der Waals surface area contributed by atoms with Gasteiger partial charge in [0.05, 0.1) is 16.2 Å². The summed E-state index contributed by atoms with van der Waals surface area (Å²) < 4.78 is 1.67. The number of hydrogen-bond donors (Lipinski definition) is 0. The third kappa shape index (κ3) is 3.65. The zero-order valence-corrected chi connectivity index (χ0v) is 16.6. The van der Waals surface area contributed by atoms with E-state index < -0.39 is 0 Å². The van der Waals surface area contributed by atoms with Crippen LogP contribution < -0.4 is 5.56 Å². The molecule has 1 aromatic heterocycles. The molecule has 6 heteroatoms. The lowest BCUT2D eigenvalue weighted by atomic mass is 10.00. The van der Waals surface area contributed by atoms with Gasteiger partial charge in [-0.15, -0.1) is 0 Å². The molecule has 0 N–H and O–H groups in total. The van der Waals surface area contributed by atoms with Crippen molar-refractivity contribution in [1.82, 2.24) is 14.5 Å². The SMILES string of the molecule is CCC1CCCCN1C(=O)C(C)Sc1nc2ccccc2c(=O)n1CC. The number of aromatic nitrogens is 2. The van der Waals surface area contributed by atoms with E-state index in [2.05, 4.69) is 11.9 Å². The molecule has 0 radical (unpaired) electrons. The Morgan fingerprint density at radius 2 is 2.08 bits per heavy atom. The van der Waals surface area contributed by atoms with Gasteiger partial charge in [-0.25, -0.2) is 4.98 Å². The minimum absolute atomic E-state index is 0.0374. The average molecular weight is 374 g/mol. The molecule has 1 aliphatic rings. The van der Waals surface area contributed by atoms with Gasteiger partial charge in [-0.2, -0.15) is 0 Å². The zero-order chi connectivity index (χ0) is 18.7. The molecular formula is C20H27N3O2S. The van der Waals surface area contributed by atoms with Gasteiger partial charge in [0.2, 0.25) is 5.91 Å². The van der Waals surface area contributed by atoms with Crippen molar-refractivity contribution in [1.29, 1.82) is 0 Å². The van der Waals surface area contributed by atoms with Gasteiger partial charge in [0.1, 0.15) is 0 Å². The molecule has 1 aromatic carbocycles. The molecule has 26 heavy (non-hydrogen) atoms. The fraction of sp³-hybridized carbons (Fsp3) is 0.550. The smallest absolute Gasteiger partial charge is 0.262 e. The standard InChI is InChI=1S/C20H27N3O2S/c1-4-15-10-8-9-13-23(15)18(24)14(3)26-20-21-17-12-7-6-11-16(17)19(25)22(20)5-2/h6-7,11-12,14-15H,4-5,8-10,13H2,1-3H3. The molecule has 3 rings (SSSR count). The highest BCUT2D eigenvalue weighted by Gasteiger charge is 2.29. The molecule has 0 saturated carbocycles. The summed E-state index contributed by atoms with van der Waals surface area (Å²) in [5.74, 6) is 0.159. The molecule has 1 aliphatic heterocycles. The molecule has 5 nitrogen and oxygen atoms in total. The van der Waals surface area contributed by atoms with Crippen molar-refractivity contribution in [3.8, 4) is 0 Å². The summed E-state index contributed by atoms with van der Waals surface area (Å²) in [7, 11) is 0. The molecule has 2 aromatic rings. The molecular weight excluding hydrogens is 346 g/mol. The number of rotatable bonds is 5. The molecule has 1 saturated heterocycles. The number of hydrogen-bond acceptors (Lipinski definition) is 4. The van der Waals surface area contributed by atoms with Crippen LogP contribution in [0.1, 0.15) is 46.5 Å². The Balaban J connectivity index is 1.88. The summed E-state index contributed by atoms with van der Waals surface area (Å²) in [6.07, 6.45) is 4.36. The Morgan fingerprint density at radius 3 is 2.81 bits per heavy atom. The van der Waals surface area contributed by atoms with Gasteiger partial charge < -0.3 is 4.90 Å². The van der Waals surface area contributed by atoms with E-state index in [1.54, 1.807) is 10.6 Å². The van der Waals surface area contributed by atoms with Crippen molar-refractivity contribution < 1.29 is 4.79 Å². The van der Waals surface area contributed by atoms with Crippen molar-refractivity contribution in [3.05, 3.63) is 34.6 Å². The van der Waals surface area contributed by atoms with Gasteiger partial charge in [0, 0.05) is 19.1 Å². The Hall–Kier alpha value is -1.82. The lowest BCUT2D eigenvalue weighted by Crippen LogP contribution is -2.46. The fourth-order valence-electron chi connectivity index (χ4n) is 3.67. The van der Waals surface area contributed by atoms with Gasteiger partial charge in [-0.05, 0) is 51.7 Å². The number of piperidine rings is 1. The van der Waals surface area contributed by atoms with Crippen LogP contribution in [0.2, 0.25) is 0 Å². The van der Waals surface area contributed by atoms with Crippen LogP contribution in [-0.2, 0) is 11.3 Å². The van der Waals surface area contributed by atoms with Crippen LogP contribution >= 0.6 is 11.8 Å². The summed E-state index contributed by atoms with van der Waals surface area (Å²) in [4.78, 5) is 32.5. The maximum absolute atomic E-state index is 13.0. The summed E-state index contributed by atoms with van der Waals surface area (Å²) in [5, 5.41) is 0.995. The normalized spacial score (nSPS) is 18.9. The second-order valence-electron chi connectivity index (χ2n) is 6.81. The summed E-state index contributed by atoms with van der Waals surface area (Å²) >= 11 is 1.40. The second kappa shape index (κ2) is 8.25. The number of thioether (sulfide) groups is 1. The van der Waals surface area contributed by atoms with E-state index in [0.29, 0.717) is 28.6 Å². The zero-order valence-electron chi connectivity index (χ0n) is 15.8. The van der Waals surface area contributed by atoms with Gasteiger partial charge in [0.25, 0.3) is 5.56 Å². The van der Waals surface area contributed by atoms with E-state index >= 15 is 0 Å². The van der Waals surface area contributed by atoms with Crippen molar-refractivity contribution in [2.45, 2.75) is 69.4 Å². The molecule has 2 heterocycles. The van der Waals surface area contributed by atoms with Crippen LogP contribution in [-0.4, -0.2) is 38.2 Å². The summed E-state index contributed by atoms with van der Waals surface area (Å²) in [6.45, 7) is 7.39. The number of nitrogens with zero attached hydrogens (tertiary/aromatic N) is 3. The lowest BCUT2D eigenvalue weighted by Gasteiger charge is -2.36. The van der Waals surface area contributed by atoms with Crippen LogP contribution in [0.3, 0.4) is 0 Å². The van der Waals surface area contributed by atoms with E-state index in [1.807, 2.05) is 36.9 Å². The first-order valence-corrected chi connectivity index (χ1v) is 10.4. The molecule has 2 atom stereocenters. The first-order valence-electron chi connectivity index (χ1n) is 9.53. The maximum Gasteiger partial charge on any atom is 0.262 e. The predicted octanol–water partition coefficient (Wildman–Crippen LogP) is 3.69. The Bertz CT molecular complexity index is 849. The topological polar surface area (TPSA) is 55.2 Å². The summed E-state index contributed by atoms with van der Waals surface area (Å²) in [5.41, 5.74) is 0.651. The van der Waals surface area contributed by atoms with Gasteiger partial charge in [-0.1, -0.05) is 30.8 Å². The molecule has 0 bridgehead atoms. The number of benzene rings is 1. The molecule has 2 unspecified atom stereocenters. The second-order valence-corrected chi connectivity index (χ2v) is 8.12. The highest BCUT2D eigenvalue weighted by molar-refractivity contribution is 8.00. The van der Waals surface area contributed by atoms with Crippen molar-refractivity contribution in [3.63, 3.8) is 0 Å². The van der Waals surface area contributed by atoms with Crippen LogP contribution in [0.25, 0.3) is 10.9 Å². The quantitative estimate of drug-likeness (QED) is 0.592. The Kier molecular flexibility index (Phi) is 6.01. The Labute approximate surface area is 158 Å². The molecule has 1 fully saturated rings. The summed E-state index contributed by atoms with van der Waals surface area (Å²) in [6, 6.07) is 7.74. The molecule has 1 amide bonds. The lowest BCUT2D eigenvalue weighted by molar-refractivity contribution is -0.134. The Morgan fingerprint density at radius 1 is 1.31 bits per heavy atom. The molecule has 0 spiro atoms. The third-order valence-corrected chi connectivity index (χ3v) is 6.23. The predicted molar refractivity (Wildman–Crippen MR) is 107 cm³/mol. The van der Waals surface area contributed by atoms with Gasteiger partial charge in [-0.3, -0.25) is 14.2 Å². The minimum Gasteiger partial charge on any atom is -0.339 e. The molecule has 140 valence electrons. The van der Waals surface area contributed by atoms with Crippen LogP contribution in [0.4, 0.5) is 0 Å². The van der Waals surface area contributed by atoms with Crippen LogP contribution in [0.5, 0.6) is 0 Å². The first kappa shape index (κ1) is 19.0. The fourth-order valence-corrected chi connectivity index (χ4v) is 4.72. The van der Waals surface area contributed by atoms with E-state index in [4.69, 9.17) is 0 Å². The highest BCUT2D eigenvalue weighted by atomic mass is 32.2. The van der Waals surface area contributed by atoms with Crippen molar-refractivity contribution in [2.24, 2.45) is 0 Å². The highest BCUT2D eigenvalue weighted by Crippen LogP contribution is 2.27. The first-order chi connectivity index (χ1) is 12.6. The minimum atomic E-state index is -0.256.